The predicted molar refractivity (Wildman–Crippen MR) is 79.6 cm³/mol. The summed E-state index contributed by atoms with van der Waals surface area (Å²) in [6.45, 7) is 0.554. The molecule has 0 unspecified atom stereocenters. The lowest BCUT2D eigenvalue weighted by molar-refractivity contribution is 0.765. The first-order valence-corrected chi connectivity index (χ1v) is 6.53. The lowest BCUT2D eigenvalue weighted by Crippen LogP contribution is -2.21. The van der Waals surface area contributed by atoms with Crippen LogP contribution in [-0.4, -0.2) is 26.6 Å². The van der Waals surface area contributed by atoms with E-state index in [1.807, 2.05) is 47.8 Å². The number of nitriles is 1. The number of aryl methyl sites for hydroxylation is 1. The minimum absolute atomic E-state index is 0.318. The third kappa shape index (κ3) is 2.30. The van der Waals surface area contributed by atoms with E-state index < -0.39 is 0 Å². The van der Waals surface area contributed by atoms with Gasteiger partial charge in [-0.3, -0.25) is 0 Å². The highest BCUT2D eigenvalue weighted by molar-refractivity contribution is 5.75. The van der Waals surface area contributed by atoms with E-state index in [0.717, 1.165) is 16.9 Å². The normalized spacial score (nSPS) is 10.5. The molecule has 6 heteroatoms. The summed E-state index contributed by atoms with van der Waals surface area (Å²) in [6, 6.07) is 10.1. The van der Waals surface area contributed by atoms with Crippen LogP contribution >= 0.6 is 0 Å². The fourth-order valence-corrected chi connectivity index (χ4v) is 2.31. The average molecular weight is 278 g/mol. The third-order valence-corrected chi connectivity index (χ3v) is 3.40. The van der Waals surface area contributed by atoms with Gasteiger partial charge < -0.3 is 9.47 Å². The molecule has 0 spiro atoms. The van der Waals surface area contributed by atoms with Gasteiger partial charge in [-0.25, -0.2) is 15.0 Å². The van der Waals surface area contributed by atoms with E-state index in [0.29, 0.717) is 18.1 Å². The van der Waals surface area contributed by atoms with Crippen LogP contribution in [0.15, 0.2) is 36.7 Å². The Kier molecular flexibility index (Phi) is 3.24. The fourth-order valence-electron chi connectivity index (χ4n) is 2.31. The van der Waals surface area contributed by atoms with Gasteiger partial charge in [-0.15, -0.1) is 0 Å². The number of benzene rings is 1. The molecule has 1 aromatic carbocycles. The maximum absolute atomic E-state index is 9.10. The molecule has 0 N–H and O–H groups in total. The van der Waals surface area contributed by atoms with E-state index in [-0.39, 0.29) is 0 Å². The van der Waals surface area contributed by atoms with Crippen molar-refractivity contribution in [3.63, 3.8) is 0 Å². The molecule has 0 atom stereocenters. The highest BCUT2D eigenvalue weighted by atomic mass is 15.2. The lowest BCUT2D eigenvalue weighted by atomic mass is 10.3. The molecule has 3 aromatic rings. The Labute approximate surface area is 122 Å². The molecule has 104 valence electrons. The summed E-state index contributed by atoms with van der Waals surface area (Å²) in [5.74, 6) is 1.47. The predicted octanol–water partition coefficient (Wildman–Crippen LogP) is 1.87. The number of aromatic nitrogens is 4. The SMILES string of the molecule is CN(Cc1nc2ccccc2n1C)c1nccnc1C#N. The van der Waals surface area contributed by atoms with E-state index in [9.17, 15) is 0 Å². The standard InChI is InChI=1S/C15H14N6/c1-20(15-12(9-16)17-7-8-18-15)10-14-19-11-5-3-4-6-13(11)21(14)2/h3-8H,10H2,1-2H3. The zero-order valence-electron chi connectivity index (χ0n) is 11.9. The fraction of sp³-hybridized carbons (Fsp3) is 0.200. The smallest absolute Gasteiger partial charge is 0.183 e. The topological polar surface area (TPSA) is 70.6 Å². The van der Waals surface area contributed by atoms with Gasteiger partial charge in [-0.1, -0.05) is 12.1 Å². The Morgan fingerprint density at radius 1 is 1.24 bits per heavy atom. The third-order valence-electron chi connectivity index (χ3n) is 3.40. The Morgan fingerprint density at radius 3 is 2.76 bits per heavy atom. The Bertz CT molecular complexity index is 830. The average Bonchev–Trinajstić information content (AvgIpc) is 2.84. The molecule has 21 heavy (non-hydrogen) atoms. The van der Waals surface area contributed by atoms with Gasteiger partial charge in [0.25, 0.3) is 0 Å². The molecule has 0 saturated heterocycles. The summed E-state index contributed by atoms with van der Waals surface area (Å²) >= 11 is 0. The van der Waals surface area contributed by atoms with Crippen LogP contribution in [0.5, 0.6) is 0 Å². The molecule has 0 aliphatic rings. The molecule has 0 aliphatic heterocycles. The van der Waals surface area contributed by atoms with Gasteiger partial charge in [0.15, 0.2) is 11.5 Å². The Balaban J connectivity index is 1.95. The molecule has 0 bridgehead atoms. The van der Waals surface area contributed by atoms with E-state index in [4.69, 9.17) is 5.26 Å². The number of hydrogen-bond donors (Lipinski definition) is 0. The zero-order chi connectivity index (χ0) is 14.8. The number of fused-ring (bicyclic) bond motifs is 1. The van der Waals surface area contributed by atoms with Gasteiger partial charge in [0.05, 0.1) is 17.6 Å². The van der Waals surface area contributed by atoms with Crippen molar-refractivity contribution in [3.05, 3.63) is 48.2 Å². The van der Waals surface area contributed by atoms with Crippen molar-refractivity contribution in [2.75, 3.05) is 11.9 Å². The van der Waals surface area contributed by atoms with Crippen LogP contribution in [-0.2, 0) is 13.6 Å². The van der Waals surface area contributed by atoms with Gasteiger partial charge in [-0.2, -0.15) is 5.26 Å². The maximum atomic E-state index is 9.10. The Morgan fingerprint density at radius 2 is 2.00 bits per heavy atom. The molecule has 0 saturated carbocycles. The van der Waals surface area contributed by atoms with Crippen LogP contribution in [0.25, 0.3) is 11.0 Å². The second-order valence-electron chi connectivity index (χ2n) is 4.77. The van der Waals surface area contributed by atoms with Gasteiger partial charge in [0.1, 0.15) is 11.9 Å². The first-order chi connectivity index (χ1) is 10.2. The van der Waals surface area contributed by atoms with E-state index in [1.54, 1.807) is 6.20 Å². The summed E-state index contributed by atoms with van der Waals surface area (Å²) in [7, 11) is 3.87. The minimum Gasteiger partial charge on any atom is -0.350 e. The lowest BCUT2D eigenvalue weighted by Gasteiger charge is -2.18. The molecule has 0 amide bonds. The highest BCUT2D eigenvalue weighted by Crippen LogP contribution is 2.18. The van der Waals surface area contributed by atoms with Gasteiger partial charge in [0.2, 0.25) is 0 Å². The van der Waals surface area contributed by atoms with Crippen molar-refractivity contribution in [2.45, 2.75) is 6.54 Å². The van der Waals surface area contributed by atoms with Crippen molar-refractivity contribution < 1.29 is 0 Å². The van der Waals surface area contributed by atoms with Crippen molar-refractivity contribution in [3.8, 4) is 6.07 Å². The molecule has 2 heterocycles. The van der Waals surface area contributed by atoms with Gasteiger partial charge in [-0.05, 0) is 12.1 Å². The number of rotatable bonds is 3. The van der Waals surface area contributed by atoms with E-state index in [1.165, 1.54) is 6.20 Å². The molecule has 0 radical (unpaired) electrons. The van der Waals surface area contributed by atoms with Gasteiger partial charge in [0, 0.05) is 26.5 Å². The first kappa shape index (κ1) is 13.1. The Hall–Kier alpha value is -2.94. The molecular weight excluding hydrogens is 264 g/mol. The van der Waals surface area contributed by atoms with Crippen LogP contribution in [0.1, 0.15) is 11.5 Å². The highest BCUT2D eigenvalue weighted by Gasteiger charge is 2.14. The monoisotopic (exact) mass is 278 g/mol. The van der Waals surface area contributed by atoms with Crippen LogP contribution < -0.4 is 4.90 Å². The summed E-state index contributed by atoms with van der Waals surface area (Å²) < 4.78 is 2.05. The van der Waals surface area contributed by atoms with Crippen molar-refractivity contribution in [1.82, 2.24) is 19.5 Å². The minimum atomic E-state index is 0.318. The summed E-state index contributed by atoms with van der Waals surface area (Å²) in [5, 5.41) is 9.10. The van der Waals surface area contributed by atoms with Crippen molar-refractivity contribution in [1.29, 1.82) is 5.26 Å². The number of hydrogen-bond acceptors (Lipinski definition) is 5. The molecular formula is C15H14N6. The molecule has 6 nitrogen and oxygen atoms in total. The second kappa shape index (κ2) is 5.21. The quantitative estimate of drug-likeness (QED) is 0.731. The maximum Gasteiger partial charge on any atom is 0.183 e. The number of anilines is 1. The number of nitrogens with zero attached hydrogens (tertiary/aromatic N) is 6. The van der Waals surface area contributed by atoms with Crippen molar-refractivity contribution >= 4 is 16.9 Å². The van der Waals surface area contributed by atoms with Crippen LogP contribution in [0, 0.1) is 11.3 Å². The summed E-state index contributed by atoms with van der Waals surface area (Å²) in [4.78, 5) is 14.8. The van der Waals surface area contributed by atoms with Crippen molar-refractivity contribution in [2.24, 2.45) is 7.05 Å². The zero-order valence-corrected chi connectivity index (χ0v) is 11.9. The van der Waals surface area contributed by atoms with Gasteiger partial charge >= 0.3 is 0 Å². The summed E-state index contributed by atoms with van der Waals surface area (Å²) in [5.41, 5.74) is 2.36. The number of imidazole rings is 1. The largest absolute Gasteiger partial charge is 0.350 e. The van der Waals surface area contributed by atoms with E-state index >= 15 is 0 Å². The second-order valence-corrected chi connectivity index (χ2v) is 4.77. The van der Waals surface area contributed by atoms with Crippen LogP contribution in [0.3, 0.4) is 0 Å². The summed E-state index contributed by atoms with van der Waals surface area (Å²) in [6.07, 6.45) is 3.10. The molecule has 0 fully saturated rings. The van der Waals surface area contributed by atoms with E-state index in [2.05, 4.69) is 21.0 Å². The first-order valence-electron chi connectivity index (χ1n) is 6.53. The molecule has 3 rings (SSSR count). The molecule has 0 aliphatic carbocycles. The molecule has 2 aromatic heterocycles. The number of para-hydroxylation sites is 2. The van der Waals surface area contributed by atoms with Crippen LogP contribution in [0.4, 0.5) is 5.82 Å². The van der Waals surface area contributed by atoms with Crippen LogP contribution in [0.2, 0.25) is 0 Å².